The normalized spacial score (nSPS) is 10.6. The van der Waals surface area contributed by atoms with Gasteiger partial charge in [-0.25, -0.2) is 4.68 Å². The third-order valence-electron chi connectivity index (χ3n) is 3.79. The molecule has 128 valence electrons. The summed E-state index contributed by atoms with van der Waals surface area (Å²) >= 11 is 1.60. The maximum atomic E-state index is 12.3. The van der Waals surface area contributed by atoms with Crippen LogP contribution < -0.4 is 5.32 Å². The highest BCUT2D eigenvalue weighted by molar-refractivity contribution is 7.99. The lowest BCUT2D eigenvalue weighted by Gasteiger charge is -2.11. The fourth-order valence-corrected chi connectivity index (χ4v) is 3.38. The van der Waals surface area contributed by atoms with Gasteiger partial charge in [-0.2, -0.15) is 5.10 Å². The molecule has 0 bridgehead atoms. The lowest BCUT2D eigenvalue weighted by molar-refractivity contribution is -0.113. The summed E-state index contributed by atoms with van der Waals surface area (Å²) in [4.78, 5) is 12.3. The first-order valence-electron chi connectivity index (χ1n) is 8.17. The molecule has 0 spiro atoms. The van der Waals surface area contributed by atoms with Crippen LogP contribution >= 0.6 is 11.8 Å². The highest BCUT2D eigenvalue weighted by Gasteiger charge is 2.12. The molecule has 0 atom stereocenters. The number of benzene rings is 2. The monoisotopic (exact) mass is 351 g/mol. The molecule has 0 unspecified atom stereocenters. The second-order valence-electron chi connectivity index (χ2n) is 5.90. The van der Waals surface area contributed by atoms with Crippen molar-refractivity contribution in [3.05, 3.63) is 77.5 Å². The molecule has 0 aliphatic heterocycles. The summed E-state index contributed by atoms with van der Waals surface area (Å²) in [5.41, 5.74) is 4.18. The second-order valence-corrected chi connectivity index (χ2v) is 6.88. The number of hydrogen-bond donors (Lipinski definition) is 1. The van der Waals surface area contributed by atoms with E-state index in [4.69, 9.17) is 0 Å². The van der Waals surface area contributed by atoms with Crippen LogP contribution in [0, 0.1) is 13.8 Å². The first-order chi connectivity index (χ1) is 12.1. The van der Waals surface area contributed by atoms with Crippen molar-refractivity contribution < 1.29 is 4.79 Å². The van der Waals surface area contributed by atoms with Gasteiger partial charge in [-0.05, 0) is 31.0 Å². The largest absolute Gasteiger partial charge is 0.310 e. The van der Waals surface area contributed by atoms with E-state index in [1.165, 1.54) is 5.56 Å². The van der Waals surface area contributed by atoms with Gasteiger partial charge in [-0.15, -0.1) is 11.8 Å². The van der Waals surface area contributed by atoms with Crippen molar-refractivity contribution >= 4 is 23.5 Å². The van der Waals surface area contributed by atoms with Crippen molar-refractivity contribution in [2.45, 2.75) is 19.6 Å². The first-order valence-corrected chi connectivity index (χ1v) is 9.33. The van der Waals surface area contributed by atoms with Crippen LogP contribution in [0.5, 0.6) is 0 Å². The van der Waals surface area contributed by atoms with Gasteiger partial charge in [0.05, 0.1) is 17.1 Å². The van der Waals surface area contributed by atoms with Crippen LogP contribution in [-0.2, 0) is 10.5 Å². The molecule has 3 aromatic rings. The molecule has 4 nitrogen and oxygen atoms in total. The van der Waals surface area contributed by atoms with Crippen LogP contribution in [0.1, 0.15) is 16.8 Å². The molecule has 1 heterocycles. The van der Waals surface area contributed by atoms with Gasteiger partial charge in [0, 0.05) is 11.8 Å². The molecule has 5 heteroatoms. The molecule has 0 radical (unpaired) electrons. The number of nitrogens with one attached hydrogen (secondary N) is 1. The highest BCUT2D eigenvalue weighted by atomic mass is 32.2. The van der Waals surface area contributed by atoms with Gasteiger partial charge in [0.25, 0.3) is 0 Å². The predicted molar refractivity (Wildman–Crippen MR) is 104 cm³/mol. The van der Waals surface area contributed by atoms with Crippen molar-refractivity contribution in [3.63, 3.8) is 0 Å². The number of anilines is 1. The number of aromatic nitrogens is 2. The molecular formula is C20H21N3OS. The average Bonchev–Trinajstić information content (AvgIpc) is 2.96. The van der Waals surface area contributed by atoms with Crippen LogP contribution in [-0.4, -0.2) is 21.4 Å². The van der Waals surface area contributed by atoms with Crippen molar-refractivity contribution in [3.8, 4) is 5.69 Å². The number of carbonyl (C=O) groups is 1. The highest BCUT2D eigenvalue weighted by Crippen LogP contribution is 2.20. The molecule has 0 saturated carbocycles. The van der Waals surface area contributed by atoms with E-state index in [1.54, 1.807) is 16.4 Å². The molecular weight excluding hydrogens is 330 g/mol. The number of amides is 1. The van der Waals surface area contributed by atoms with Gasteiger partial charge >= 0.3 is 0 Å². The smallest absolute Gasteiger partial charge is 0.235 e. The predicted octanol–water partition coefficient (Wildman–Crippen LogP) is 4.36. The van der Waals surface area contributed by atoms with E-state index in [0.717, 1.165) is 22.7 Å². The molecule has 25 heavy (non-hydrogen) atoms. The van der Waals surface area contributed by atoms with Gasteiger partial charge in [0.1, 0.15) is 5.82 Å². The Morgan fingerprint density at radius 3 is 2.56 bits per heavy atom. The Bertz CT molecular complexity index is 858. The van der Waals surface area contributed by atoms with Crippen molar-refractivity contribution in [1.29, 1.82) is 0 Å². The molecule has 2 aromatic carbocycles. The minimum Gasteiger partial charge on any atom is -0.310 e. The molecule has 1 aromatic heterocycles. The zero-order chi connectivity index (χ0) is 17.6. The molecule has 1 amide bonds. The molecule has 3 rings (SSSR count). The maximum Gasteiger partial charge on any atom is 0.235 e. The summed E-state index contributed by atoms with van der Waals surface area (Å²) in [5.74, 6) is 1.92. The lowest BCUT2D eigenvalue weighted by atomic mass is 10.2. The van der Waals surface area contributed by atoms with E-state index >= 15 is 0 Å². The lowest BCUT2D eigenvalue weighted by Crippen LogP contribution is -2.17. The summed E-state index contributed by atoms with van der Waals surface area (Å²) in [6.07, 6.45) is 0. The number of carbonyl (C=O) groups excluding carboxylic acids is 1. The molecule has 1 N–H and O–H groups in total. The van der Waals surface area contributed by atoms with E-state index in [1.807, 2.05) is 62.4 Å². The molecule has 0 fully saturated rings. The minimum absolute atomic E-state index is 0.0179. The van der Waals surface area contributed by atoms with Crippen molar-refractivity contribution in [2.75, 3.05) is 11.1 Å². The maximum absolute atomic E-state index is 12.3. The number of thioether (sulfide) groups is 1. The quantitative estimate of drug-likeness (QED) is 0.718. The van der Waals surface area contributed by atoms with Crippen LogP contribution in [0.3, 0.4) is 0 Å². The fourth-order valence-electron chi connectivity index (χ4n) is 2.59. The topological polar surface area (TPSA) is 46.9 Å². The number of para-hydroxylation sites is 1. The van der Waals surface area contributed by atoms with Crippen LogP contribution in [0.15, 0.2) is 60.7 Å². The van der Waals surface area contributed by atoms with Gasteiger partial charge in [-0.1, -0.05) is 48.5 Å². The van der Waals surface area contributed by atoms with Gasteiger partial charge in [0.15, 0.2) is 0 Å². The fraction of sp³-hybridized carbons (Fsp3) is 0.200. The summed E-state index contributed by atoms with van der Waals surface area (Å²) in [5, 5.41) is 7.50. The Balaban J connectivity index is 1.65. The Morgan fingerprint density at radius 1 is 1.08 bits per heavy atom. The third-order valence-corrected chi connectivity index (χ3v) is 4.79. The van der Waals surface area contributed by atoms with Crippen molar-refractivity contribution in [2.24, 2.45) is 0 Å². The van der Waals surface area contributed by atoms with Crippen LogP contribution in [0.25, 0.3) is 5.69 Å². The second kappa shape index (κ2) is 8.03. The third kappa shape index (κ3) is 4.51. The number of hydrogen-bond acceptors (Lipinski definition) is 3. The average molecular weight is 351 g/mol. The molecule has 0 aliphatic carbocycles. The van der Waals surface area contributed by atoms with E-state index in [-0.39, 0.29) is 5.91 Å². The van der Waals surface area contributed by atoms with E-state index < -0.39 is 0 Å². The standard InChI is InChI=1S/C20H21N3OS/c1-15-8-6-7-11-18(15)23-19(12-16(2)22-23)21-20(24)14-25-13-17-9-4-3-5-10-17/h3-12H,13-14H2,1-2H3,(H,21,24). The van der Waals surface area contributed by atoms with Crippen LogP contribution in [0.4, 0.5) is 5.82 Å². The zero-order valence-corrected chi connectivity index (χ0v) is 15.2. The minimum atomic E-state index is -0.0179. The Labute approximate surface area is 152 Å². The zero-order valence-electron chi connectivity index (χ0n) is 14.4. The molecule has 0 aliphatic rings. The number of aryl methyl sites for hydroxylation is 2. The Hall–Kier alpha value is -2.53. The number of rotatable bonds is 6. The SMILES string of the molecule is Cc1cc(NC(=O)CSCc2ccccc2)n(-c2ccccc2C)n1. The Kier molecular flexibility index (Phi) is 5.56. The molecule has 0 saturated heterocycles. The van der Waals surface area contributed by atoms with Crippen molar-refractivity contribution in [1.82, 2.24) is 9.78 Å². The van der Waals surface area contributed by atoms with E-state index in [0.29, 0.717) is 11.6 Å². The van der Waals surface area contributed by atoms with E-state index in [2.05, 4.69) is 22.5 Å². The number of nitrogens with zero attached hydrogens (tertiary/aromatic N) is 2. The Morgan fingerprint density at radius 2 is 1.80 bits per heavy atom. The van der Waals surface area contributed by atoms with Gasteiger partial charge in [-0.3, -0.25) is 4.79 Å². The summed E-state index contributed by atoms with van der Waals surface area (Å²) in [6.45, 7) is 3.96. The first kappa shape index (κ1) is 17.3. The summed E-state index contributed by atoms with van der Waals surface area (Å²) < 4.78 is 1.80. The summed E-state index contributed by atoms with van der Waals surface area (Å²) in [7, 11) is 0. The summed E-state index contributed by atoms with van der Waals surface area (Å²) in [6, 6.07) is 20.1. The van der Waals surface area contributed by atoms with Crippen LogP contribution in [0.2, 0.25) is 0 Å². The van der Waals surface area contributed by atoms with Gasteiger partial charge in [0.2, 0.25) is 5.91 Å². The van der Waals surface area contributed by atoms with E-state index in [9.17, 15) is 4.79 Å². The van der Waals surface area contributed by atoms with Gasteiger partial charge < -0.3 is 5.32 Å².